The van der Waals surface area contributed by atoms with Crippen LogP contribution in [0, 0.1) is 11.6 Å². The number of hydrogen-bond acceptors (Lipinski definition) is 11. The molecule has 1 aliphatic heterocycles. The minimum atomic E-state index is -4.87. The molecule has 1 fully saturated rings. The summed E-state index contributed by atoms with van der Waals surface area (Å²) < 4.78 is 101. The molecule has 0 unspecified atom stereocenters. The number of aliphatic hydroxyl groups excluding tert-OH is 1. The van der Waals surface area contributed by atoms with Gasteiger partial charge in [0.05, 0.1) is 24.6 Å². The molecule has 7 rings (SSSR count). The van der Waals surface area contributed by atoms with Gasteiger partial charge in [0.2, 0.25) is 0 Å². The standard InChI is InChI=1S/C34H28F7N11O2/c35-23-4-8-26(27(36)15-23)32(54,19-51-20-44-46-48-51)33(37,38)29-9-3-22(16-42-29)21-1-5-24(6-2-21)49-11-13-50(14-12-49)25-7-10-30(43-17-25)52-18-28(45-47-52)31(53)34(39,40)41/h1-10,15-18,20,31,53-54H,11-14,19H2/t31-,32+/m1/s1. The average molecular weight is 756 g/mol. The maximum atomic E-state index is 16.1. The molecule has 0 saturated carbocycles. The Labute approximate surface area is 300 Å². The van der Waals surface area contributed by atoms with Gasteiger partial charge in [-0.2, -0.15) is 22.0 Å². The van der Waals surface area contributed by atoms with Gasteiger partial charge in [-0.05, 0) is 58.5 Å². The van der Waals surface area contributed by atoms with Crippen LogP contribution in [0.25, 0.3) is 16.9 Å². The van der Waals surface area contributed by atoms with Gasteiger partial charge in [0, 0.05) is 55.3 Å². The molecule has 4 aromatic heterocycles. The number of halogens is 7. The maximum Gasteiger partial charge on any atom is 0.420 e. The fourth-order valence-electron chi connectivity index (χ4n) is 6.10. The highest BCUT2D eigenvalue weighted by Crippen LogP contribution is 2.47. The molecule has 13 nitrogen and oxygen atoms in total. The van der Waals surface area contributed by atoms with Crippen LogP contribution in [-0.2, 0) is 18.1 Å². The van der Waals surface area contributed by atoms with Gasteiger partial charge in [-0.1, -0.05) is 23.4 Å². The van der Waals surface area contributed by atoms with Crippen LogP contribution in [0.15, 0.2) is 91.6 Å². The molecular weight excluding hydrogens is 727 g/mol. The molecule has 2 aromatic carbocycles. The minimum absolute atomic E-state index is 0.229. The van der Waals surface area contributed by atoms with Gasteiger partial charge in [-0.15, -0.1) is 10.2 Å². The van der Waals surface area contributed by atoms with Crippen LogP contribution in [0.4, 0.5) is 42.1 Å². The van der Waals surface area contributed by atoms with Crippen molar-refractivity contribution >= 4 is 11.4 Å². The van der Waals surface area contributed by atoms with Crippen LogP contribution in [0.3, 0.4) is 0 Å². The van der Waals surface area contributed by atoms with E-state index < -0.39 is 58.9 Å². The van der Waals surface area contributed by atoms with Crippen LogP contribution in [0.5, 0.6) is 0 Å². The molecule has 2 N–H and O–H groups in total. The van der Waals surface area contributed by atoms with Crippen molar-refractivity contribution in [2.75, 3.05) is 36.0 Å². The molecule has 2 atom stereocenters. The van der Waals surface area contributed by atoms with E-state index >= 15 is 8.78 Å². The van der Waals surface area contributed by atoms with Crippen molar-refractivity contribution in [1.29, 1.82) is 0 Å². The quantitative estimate of drug-likeness (QED) is 0.189. The average Bonchev–Trinajstić information content (AvgIpc) is 3.87. The monoisotopic (exact) mass is 755 g/mol. The molecule has 0 radical (unpaired) electrons. The fraction of sp³-hybridized carbons (Fsp3) is 0.265. The van der Waals surface area contributed by atoms with E-state index in [-0.39, 0.29) is 5.82 Å². The number of piperazine rings is 1. The third kappa shape index (κ3) is 7.04. The Bertz CT molecular complexity index is 2190. The summed E-state index contributed by atoms with van der Waals surface area (Å²) in [7, 11) is 0. The van der Waals surface area contributed by atoms with E-state index in [1.165, 1.54) is 12.3 Å². The van der Waals surface area contributed by atoms with E-state index in [0.29, 0.717) is 43.4 Å². The Morgan fingerprint density at radius 1 is 0.759 bits per heavy atom. The molecule has 1 aliphatic rings. The zero-order valence-corrected chi connectivity index (χ0v) is 27.7. The number of benzene rings is 2. The first-order valence-electron chi connectivity index (χ1n) is 16.2. The second kappa shape index (κ2) is 14.1. The Morgan fingerprint density at radius 3 is 2.04 bits per heavy atom. The third-order valence-corrected chi connectivity index (χ3v) is 9.04. The number of hydrogen-bond donors (Lipinski definition) is 2. The SMILES string of the molecule is O[C@H](c1cn(-c2ccc(N3CCN(c4ccc(-c5ccc(C(F)(F)[C@](O)(Cn6cnnn6)c6ccc(F)cc6F)nc5)cc4)CC3)cn2)nn1)C(F)(F)F. The van der Waals surface area contributed by atoms with Gasteiger partial charge >= 0.3 is 12.1 Å². The highest BCUT2D eigenvalue weighted by Gasteiger charge is 2.58. The van der Waals surface area contributed by atoms with Gasteiger partial charge < -0.3 is 20.0 Å². The second-order valence-electron chi connectivity index (χ2n) is 12.4. The lowest BCUT2D eigenvalue weighted by atomic mass is 9.84. The molecule has 0 bridgehead atoms. The molecule has 0 aliphatic carbocycles. The number of anilines is 2. The molecule has 20 heteroatoms. The summed E-state index contributed by atoms with van der Waals surface area (Å²) in [6, 6.07) is 15.1. The molecule has 5 heterocycles. The first kappa shape index (κ1) is 36.3. The molecule has 54 heavy (non-hydrogen) atoms. The number of pyridine rings is 2. The van der Waals surface area contributed by atoms with Crippen molar-refractivity contribution in [3.05, 3.63) is 120 Å². The molecule has 1 saturated heterocycles. The fourth-order valence-corrected chi connectivity index (χ4v) is 6.10. The van der Waals surface area contributed by atoms with E-state index in [1.807, 2.05) is 24.3 Å². The second-order valence-corrected chi connectivity index (χ2v) is 12.4. The van der Waals surface area contributed by atoms with Gasteiger partial charge in [0.1, 0.15) is 29.3 Å². The number of nitrogens with zero attached hydrogens (tertiary/aromatic N) is 11. The summed E-state index contributed by atoms with van der Waals surface area (Å²) >= 11 is 0. The highest BCUT2D eigenvalue weighted by atomic mass is 19.4. The molecular formula is C34H28F7N11O2. The first-order chi connectivity index (χ1) is 25.7. The summed E-state index contributed by atoms with van der Waals surface area (Å²) in [5.74, 6) is -6.35. The summed E-state index contributed by atoms with van der Waals surface area (Å²) in [5.41, 5.74) is -2.74. The van der Waals surface area contributed by atoms with Crippen LogP contribution in [0.1, 0.15) is 23.1 Å². The summed E-state index contributed by atoms with van der Waals surface area (Å²) in [6.45, 7) is 1.60. The Kier molecular flexibility index (Phi) is 9.48. The van der Waals surface area contributed by atoms with E-state index in [2.05, 4.69) is 45.6 Å². The summed E-state index contributed by atoms with van der Waals surface area (Å²) in [4.78, 5) is 12.5. The smallest absolute Gasteiger partial charge is 0.378 e. The lowest BCUT2D eigenvalue weighted by Gasteiger charge is -2.37. The molecule has 6 aromatic rings. The summed E-state index contributed by atoms with van der Waals surface area (Å²) in [6.07, 6.45) is -2.89. The minimum Gasteiger partial charge on any atom is -0.378 e. The van der Waals surface area contributed by atoms with Crippen molar-refractivity contribution in [2.45, 2.75) is 30.3 Å². The van der Waals surface area contributed by atoms with Crippen molar-refractivity contribution in [3.63, 3.8) is 0 Å². The van der Waals surface area contributed by atoms with Crippen LogP contribution in [-0.4, -0.2) is 87.7 Å². The van der Waals surface area contributed by atoms with Crippen LogP contribution in [0.2, 0.25) is 0 Å². The van der Waals surface area contributed by atoms with E-state index in [9.17, 15) is 32.2 Å². The van der Waals surface area contributed by atoms with Gasteiger partial charge in [0.25, 0.3) is 0 Å². The maximum absolute atomic E-state index is 16.1. The lowest BCUT2D eigenvalue weighted by Crippen LogP contribution is -2.48. The normalized spacial score (nSPS) is 15.6. The van der Waals surface area contributed by atoms with Crippen molar-refractivity contribution in [3.8, 4) is 16.9 Å². The summed E-state index contributed by atoms with van der Waals surface area (Å²) in [5, 5.41) is 38.1. The Hall–Kier alpha value is -6.02. The number of rotatable bonds is 10. The first-order valence-corrected chi connectivity index (χ1v) is 16.2. The number of aliphatic hydroxyl groups is 2. The lowest BCUT2D eigenvalue weighted by molar-refractivity contribution is -0.208. The van der Waals surface area contributed by atoms with Gasteiger partial charge in [-0.3, -0.25) is 4.98 Å². The predicted molar refractivity (Wildman–Crippen MR) is 176 cm³/mol. The molecule has 0 spiro atoms. The number of alkyl halides is 5. The van der Waals surface area contributed by atoms with Crippen LogP contribution >= 0.6 is 0 Å². The molecule has 0 amide bonds. The third-order valence-electron chi connectivity index (χ3n) is 9.04. The number of tetrazole rings is 1. The van der Waals surface area contributed by atoms with Gasteiger partial charge in [0.15, 0.2) is 17.5 Å². The Morgan fingerprint density at radius 2 is 1.44 bits per heavy atom. The van der Waals surface area contributed by atoms with Crippen molar-refractivity contribution in [2.24, 2.45) is 0 Å². The zero-order valence-electron chi connectivity index (χ0n) is 27.7. The Balaban J connectivity index is 0.999. The predicted octanol–water partition coefficient (Wildman–Crippen LogP) is 4.59. The van der Waals surface area contributed by atoms with Crippen molar-refractivity contribution < 1.29 is 40.9 Å². The van der Waals surface area contributed by atoms with Crippen LogP contribution < -0.4 is 9.80 Å². The van der Waals surface area contributed by atoms with E-state index in [4.69, 9.17) is 0 Å². The zero-order chi connectivity index (χ0) is 38.3. The van der Waals surface area contributed by atoms with Gasteiger partial charge in [-0.25, -0.2) is 23.1 Å². The van der Waals surface area contributed by atoms with Crippen molar-refractivity contribution in [1.82, 2.24) is 45.2 Å². The van der Waals surface area contributed by atoms with E-state index in [1.54, 1.807) is 18.3 Å². The highest BCUT2D eigenvalue weighted by molar-refractivity contribution is 5.66. The topological polar surface area (TPSA) is 147 Å². The van der Waals surface area contributed by atoms with E-state index in [0.717, 1.165) is 51.5 Å². The largest absolute Gasteiger partial charge is 0.420 e. The molecule has 280 valence electrons. The number of aromatic nitrogens is 9.